The van der Waals surface area contributed by atoms with E-state index < -0.39 is 0 Å². The van der Waals surface area contributed by atoms with Crippen LogP contribution < -0.4 is 4.74 Å². The molecule has 3 heteroatoms. The van der Waals surface area contributed by atoms with E-state index >= 15 is 0 Å². The third-order valence-corrected chi connectivity index (χ3v) is 3.30. The number of para-hydroxylation sites is 1. The zero-order valence-electron chi connectivity index (χ0n) is 11.9. The van der Waals surface area contributed by atoms with Gasteiger partial charge in [0.25, 0.3) is 0 Å². The summed E-state index contributed by atoms with van der Waals surface area (Å²) in [6.45, 7) is 3.34. The van der Waals surface area contributed by atoms with Gasteiger partial charge in [-0.1, -0.05) is 18.2 Å². The van der Waals surface area contributed by atoms with Gasteiger partial charge in [-0.05, 0) is 43.2 Å². The SMILES string of the molecule is COc1ccccc1CC(=O)c1cc(C)c(F)c(C)c1. The average molecular weight is 272 g/mol. The summed E-state index contributed by atoms with van der Waals surface area (Å²) in [6.07, 6.45) is 0.245. The Bertz CT molecular complexity index is 624. The zero-order valence-corrected chi connectivity index (χ0v) is 11.9. The summed E-state index contributed by atoms with van der Waals surface area (Å²) in [5.41, 5.74) is 2.36. The van der Waals surface area contributed by atoms with Crippen LogP contribution in [-0.2, 0) is 6.42 Å². The molecule has 0 N–H and O–H groups in total. The quantitative estimate of drug-likeness (QED) is 0.790. The first-order valence-corrected chi connectivity index (χ1v) is 6.44. The molecule has 0 aliphatic carbocycles. The molecule has 0 radical (unpaired) electrons. The molecule has 0 saturated heterocycles. The smallest absolute Gasteiger partial charge is 0.167 e. The number of Topliss-reactive ketones (excluding diaryl/α,β-unsaturated/α-hetero) is 1. The van der Waals surface area contributed by atoms with E-state index in [1.54, 1.807) is 33.1 Å². The lowest BCUT2D eigenvalue weighted by Gasteiger charge is -2.09. The first-order valence-electron chi connectivity index (χ1n) is 6.44. The van der Waals surface area contributed by atoms with E-state index in [0.717, 1.165) is 5.56 Å². The summed E-state index contributed by atoms with van der Waals surface area (Å²) in [7, 11) is 1.58. The van der Waals surface area contributed by atoms with Crippen LogP contribution >= 0.6 is 0 Å². The average Bonchev–Trinajstić information content (AvgIpc) is 2.44. The van der Waals surface area contributed by atoms with Gasteiger partial charge in [0, 0.05) is 17.5 Å². The summed E-state index contributed by atoms with van der Waals surface area (Å²) in [6, 6.07) is 10.6. The molecule has 0 bridgehead atoms. The number of aryl methyl sites for hydroxylation is 2. The van der Waals surface area contributed by atoms with Gasteiger partial charge in [0.05, 0.1) is 7.11 Å². The van der Waals surface area contributed by atoms with Gasteiger partial charge in [-0.2, -0.15) is 0 Å². The summed E-state index contributed by atoms with van der Waals surface area (Å²) >= 11 is 0. The van der Waals surface area contributed by atoms with Crippen LogP contribution in [0.1, 0.15) is 27.0 Å². The van der Waals surface area contributed by atoms with Crippen molar-refractivity contribution in [3.8, 4) is 5.75 Å². The molecule has 0 spiro atoms. The molecule has 0 aliphatic rings. The van der Waals surface area contributed by atoms with Crippen molar-refractivity contribution in [2.75, 3.05) is 7.11 Å². The highest BCUT2D eigenvalue weighted by molar-refractivity contribution is 5.98. The lowest BCUT2D eigenvalue weighted by molar-refractivity contribution is 0.0992. The molecule has 0 unspecified atom stereocenters. The Hall–Kier alpha value is -2.16. The van der Waals surface area contributed by atoms with E-state index in [-0.39, 0.29) is 18.0 Å². The van der Waals surface area contributed by atoms with Crippen LogP contribution in [0.15, 0.2) is 36.4 Å². The number of hydrogen-bond donors (Lipinski definition) is 0. The molecule has 0 saturated carbocycles. The molecule has 20 heavy (non-hydrogen) atoms. The van der Waals surface area contributed by atoms with Crippen molar-refractivity contribution in [2.45, 2.75) is 20.3 Å². The number of methoxy groups -OCH3 is 1. The van der Waals surface area contributed by atoms with Crippen molar-refractivity contribution < 1.29 is 13.9 Å². The molecule has 2 rings (SSSR count). The van der Waals surface area contributed by atoms with Crippen LogP contribution in [0.3, 0.4) is 0 Å². The van der Waals surface area contributed by atoms with Gasteiger partial charge in [-0.25, -0.2) is 4.39 Å². The molecule has 0 aromatic heterocycles. The van der Waals surface area contributed by atoms with Crippen molar-refractivity contribution in [3.63, 3.8) is 0 Å². The maximum atomic E-state index is 13.6. The van der Waals surface area contributed by atoms with Crippen LogP contribution in [-0.4, -0.2) is 12.9 Å². The molecule has 0 amide bonds. The second kappa shape index (κ2) is 5.87. The summed E-state index contributed by atoms with van der Waals surface area (Å²) in [5.74, 6) is 0.399. The third kappa shape index (κ3) is 2.87. The maximum absolute atomic E-state index is 13.6. The molecular formula is C17H17FO2. The van der Waals surface area contributed by atoms with Crippen molar-refractivity contribution in [1.29, 1.82) is 0 Å². The highest BCUT2D eigenvalue weighted by Gasteiger charge is 2.13. The van der Waals surface area contributed by atoms with Gasteiger partial charge in [0.1, 0.15) is 11.6 Å². The van der Waals surface area contributed by atoms with E-state index in [9.17, 15) is 9.18 Å². The van der Waals surface area contributed by atoms with Gasteiger partial charge in [-0.3, -0.25) is 4.79 Å². The number of benzene rings is 2. The minimum atomic E-state index is -0.251. The predicted octanol–water partition coefficient (Wildman–Crippen LogP) is 3.88. The Morgan fingerprint density at radius 2 is 1.75 bits per heavy atom. The Morgan fingerprint density at radius 1 is 1.15 bits per heavy atom. The molecule has 2 nitrogen and oxygen atoms in total. The lowest BCUT2D eigenvalue weighted by atomic mass is 9.98. The minimum absolute atomic E-state index is 0.0410. The van der Waals surface area contributed by atoms with E-state index in [2.05, 4.69) is 0 Å². The van der Waals surface area contributed by atoms with E-state index in [1.807, 2.05) is 24.3 Å². The van der Waals surface area contributed by atoms with Crippen molar-refractivity contribution in [2.24, 2.45) is 0 Å². The standard InChI is InChI=1S/C17H17FO2/c1-11-8-14(9-12(2)17(11)18)15(19)10-13-6-4-5-7-16(13)20-3/h4-9H,10H2,1-3H3. The fraction of sp³-hybridized carbons (Fsp3) is 0.235. The number of carbonyl (C=O) groups is 1. The van der Waals surface area contributed by atoms with Crippen LogP contribution in [0, 0.1) is 19.7 Å². The van der Waals surface area contributed by atoms with E-state index in [4.69, 9.17) is 4.74 Å². The Balaban J connectivity index is 2.29. The molecule has 0 fully saturated rings. The lowest BCUT2D eigenvalue weighted by Crippen LogP contribution is -2.06. The zero-order chi connectivity index (χ0) is 14.7. The molecule has 2 aromatic rings. The number of ether oxygens (including phenoxy) is 1. The third-order valence-electron chi connectivity index (χ3n) is 3.30. The number of carbonyl (C=O) groups excluding carboxylic acids is 1. The Labute approximate surface area is 118 Å². The van der Waals surface area contributed by atoms with Gasteiger partial charge < -0.3 is 4.74 Å². The molecule has 0 atom stereocenters. The van der Waals surface area contributed by atoms with Crippen LogP contribution in [0.25, 0.3) is 0 Å². The first-order chi connectivity index (χ1) is 9.52. The predicted molar refractivity (Wildman–Crippen MR) is 76.9 cm³/mol. The number of hydrogen-bond acceptors (Lipinski definition) is 2. The normalized spacial score (nSPS) is 10.4. The van der Waals surface area contributed by atoms with Gasteiger partial charge in [0.2, 0.25) is 0 Å². The fourth-order valence-corrected chi connectivity index (χ4v) is 2.23. The Kier molecular flexibility index (Phi) is 4.18. The minimum Gasteiger partial charge on any atom is -0.496 e. The summed E-state index contributed by atoms with van der Waals surface area (Å²) < 4.78 is 18.8. The largest absolute Gasteiger partial charge is 0.496 e. The molecular weight excluding hydrogens is 255 g/mol. The van der Waals surface area contributed by atoms with Crippen molar-refractivity contribution in [1.82, 2.24) is 0 Å². The fourth-order valence-electron chi connectivity index (χ4n) is 2.23. The highest BCUT2D eigenvalue weighted by Crippen LogP contribution is 2.21. The van der Waals surface area contributed by atoms with Gasteiger partial charge >= 0.3 is 0 Å². The van der Waals surface area contributed by atoms with E-state index in [0.29, 0.717) is 22.4 Å². The van der Waals surface area contributed by atoms with Gasteiger partial charge in [-0.15, -0.1) is 0 Å². The Morgan fingerprint density at radius 3 is 2.35 bits per heavy atom. The topological polar surface area (TPSA) is 26.3 Å². The summed E-state index contributed by atoms with van der Waals surface area (Å²) in [5, 5.41) is 0. The number of halogens is 1. The van der Waals surface area contributed by atoms with Crippen LogP contribution in [0.4, 0.5) is 4.39 Å². The maximum Gasteiger partial charge on any atom is 0.167 e. The summed E-state index contributed by atoms with van der Waals surface area (Å²) in [4.78, 5) is 12.3. The number of rotatable bonds is 4. The highest BCUT2D eigenvalue weighted by atomic mass is 19.1. The van der Waals surface area contributed by atoms with Crippen LogP contribution in [0.5, 0.6) is 5.75 Å². The second-order valence-electron chi connectivity index (χ2n) is 4.84. The molecule has 104 valence electrons. The molecule has 0 aliphatic heterocycles. The van der Waals surface area contributed by atoms with E-state index in [1.165, 1.54) is 0 Å². The van der Waals surface area contributed by atoms with Crippen molar-refractivity contribution in [3.05, 3.63) is 64.5 Å². The second-order valence-corrected chi connectivity index (χ2v) is 4.84. The molecule has 2 aromatic carbocycles. The van der Waals surface area contributed by atoms with Crippen molar-refractivity contribution >= 4 is 5.78 Å². The number of ketones is 1. The van der Waals surface area contributed by atoms with Gasteiger partial charge in [0.15, 0.2) is 5.78 Å². The molecule has 0 heterocycles. The monoisotopic (exact) mass is 272 g/mol. The first kappa shape index (κ1) is 14.3. The van der Waals surface area contributed by atoms with Crippen LogP contribution in [0.2, 0.25) is 0 Å².